The lowest BCUT2D eigenvalue weighted by molar-refractivity contribution is -0.130. The molecule has 0 atom stereocenters. The fourth-order valence-electron chi connectivity index (χ4n) is 2.58. The number of carbonyl (C=O) groups excluding carboxylic acids is 1. The summed E-state index contributed by atoms with van der Waals surface area (Å²) in [5, 5.41) is 3.26. The predicted molar refractivity (Wildman–Crippen MR) is 81.9 cm³/mol. The Bertz CT molecular complexity index is 514. The fraction of sp³-hybridized carbons (Fsp3) is 0.562. The van der Waals surface area contributed by atoms with E-state index < -0.39 is 0 Å². The zero-order chi connectivity index (χ0) is 15.9. The fourth-order valence-corrected chi connectivity index (χ4v) is 2.58. The number of ether oxygens (including phenoxy) is 2. The van der Waals surface area contributed by atoms with Gasteiger partial charge in [0.05, 0.1) is 14.2 Å². The van der Waals surface area contributed by atoms with Crippen molar-refractivity contribution in [3.05, 3.63) is 23.5 Å². The van der Waals surface area contributed by atoms with Crippen molar-refractivity contribution >= 4 is 5.91 Å². The zero-order valence-corrected chi connectivity index (χ0v) is 13.2. The standard InChI is InChI=1S/C16H23FN2O3/c1-21-14-10-12(13(17)11-15(14)22-2)4-5-16(20)19-8-3-6-18-7-9-19/h10-11,18H,3-9H2,1-2H3. The monoisotopic (exact) mass is 310 g/mol. The molecule has 5 nitrogen and oxygen atoms in total. The van der Waals surface area contributed by atoms with Gasteiger partial charge in [-0.3, -0.25) is 4.79 Å². The van der Waals surface area contributed by atoms with Crippen LogP contribution < -0.4 is 14.8 Å². The molecule has 0 bridgehead atoms. The molecule has 1 heterocycles. The average Bonchev–Trinajstić information content (AvgIpc) is 2.82. The Morgan fingerprint density at radius 3 is 2.68 bits per heavy atom. The highest BCUT2D eigenvalue weighted by Crippen LogP contribution is 2.30. The molecule has 22 heavy (non-hydrogen) atoms. The second-order valence-corrected chi connectivity index (χ2v) is 5.28. The van der Waals surface area contributed by atoms with E-state index in [9.17, 15) is 9.18 Å². The highest BCUT2D eigenvalue weighted by Gasteiger charge is 2.17. The van der Waals surface area contributed by atoms with Crippen molar-refractivity contribution in [3.8, 4) is 11.5 Å². The summed E-state index contributed by atoms with van der Waals surface area (Å²) < 4.78 is 24.3. The minimum Gasteiger partial charge on any atom is -0.493 e. The number of halogens is 1. The van der Waals surface area contributed by atoms with Gasteiger partial charge in [-0.15, -0.1) is 0 Å². The van der Waals surface area contributed by atoms with Gasteiger partial charge in [0.25, 0.3) is 0 Å². The number of methoxy groups -OCH3 is 2. The Kier molecular flexibility index (Phi) is 6.00. The van der Waals surface area contributed by atoms with Crippen molar-refractivity contribution in [3.63, 3.8) is 0 Å². The lowest BCUT2D eigenvalue weighted by Crippen LogP contribution is -2.34. The van der Waals surface area contributed by atoms with Gasteiger partial charge in [-0.05, 0) is 31.0 Å². The van der Waals surface area contributed by atoms with Crippen LogP contribution in [0, 0.1) is 5.82 Å². The third-order valence-electron chi connectivity index (χ3n) is 3.85. The molecular weight excluding hydrogens is 287 g/mol. The quantitative estimate of drug-likeness (QED) is 0.897. The first kappa shape index (κ1) is 16.5. The summed E-state index contributed by atoms with van der Waals surface area (Å²) in [5.74, 6) is 0.528. The molecule has 0 spiro atoms. The molecule has 6 heteroatoms. The first-order valence-electron chi connectivity index (χ1n) is 7.54. The topological polar surface area (TPSA) is 50.8 Å². The summed E-state index contributed by atoms with van der Waals surface area (Å²) in [5.41, 5.74) is 0.471. The molecule has 122 valence electrons. The summed E-state index contributed by atoms with van der Waals surface area (Å²) in [7, 11) is 2.97. The van der Waals surface area contributed by atoms with Crippen LogP contribution in [-0.2, 0) is 11.2 Å². The molecule has 0 saturated carbocycles. The van der Waals surface area contributed by atoms with Gasteiger partial charge in [0, 0.05) is 32.1 Å². The molecule has 0 aliphatic carbocycles. The molecule has 0 radical (unpaired) electrons. The maximum Gasteiger partial charge on any atom is 0.222 e. The lowest BCUT2D eigenvalue weighted by atomic mass is 10.1. The number of nitrogens with one attached hydrogen (secondary N) is 1. The SMILES string of the molecule is COc1cc(F)c(CCC(=O)N2CCCNCC2)cc1OC. The van der Waals surface area contributed by atoms with Gasteiger partial charge >= 0.3 is 0 Å². The van der Waals surface area contributed by atoms with E-state index in [4.69, 9.17) is 9.47 Å². The Labute approximate surface area is 130 Å². The molecule has 2 rings (SSSR count). The van der Waals surface area contributed by atoms with E-state index in [2.05, 4.69) is 5.32 Å². The van der Waals surface area contributed by atoms with Crippen molar-refractivity contribution in [2.24, 2.45) is 0 Å². The highest BCUT2D eigenvalue weighted by molar-refractivity contribution is 5.76. The van der Waals surface area contributed by atoms with Crippen molar-refractivity contribution in [1.82, 2.24) is 10.2 Å². The highest BCUT2D eigenvalue weighted by atomic mass is 19.1. The third-order valence-corrected chi connectivity index (χ3v) is 3.85. The Hall–Kier alpha value is -1.82. The molecule has 1 aliphatic heterocycles. The number of benzene rings is 1. The Balaban J connectivity index is 1.99. The molecule has 0 unspecified atom stereocenters. The lowest BCUT2D eigenvalue weighted by Gasteiger charge is -2.20. The van der Waals surface area contributed by atoms with Gasteiger partial charge in [-0.2, -0.15) is 0 Å². The largest absolute Gasteiger partial charge is 0.493 e. The molecule has 1 fully saturated rings. The van der Waals surface area contributed by atoms with Gasteiger partial charge in [-0.1, -0.05) is 0 Å². The second-order valence-electron chi connectivity index (χ2n) is 5.28. The normalized spacial score (nSPS) is 15.3. The molecule has 1 aromatic carbocycles. The van der Waals surface area contributed by atoms with E-state index in [1.807, 2.05) is 4.90 Å². The molecule has 1 N–H and O–H groups in total. The van der Waals surface area contributed by atoms with E-state index in [1.165, 1.54) is 20.3 Å². The molecule has 1 saturated heterocycles. The van der Waals surface area contributed by atoms with E-state index in [0.717, 1.165) is 26.1 Å². The summed E-state index contributed by atoms with van der Waals surface area (Å²) >= 11 is 0. The van der Waals surface area contributed by atoms with Crippen LogP contribution in [0.3, 0.4) is 0 Å². The number of amides is 1. The average molecular weight is 310 g/mol. The second kappa shape index (κ2) is 7.98. The van der Waals surface area contributed by atoms with Gasteiger partial charge in [0.15, 0.2) is 11.5 Å². The van der Waals surface area contributed by atoms with Gasteiger partial charge in [-0.25, -0.2) is 4.39 Å². The van der Waals surface area contributed by atoms with Crippen molar-refractivity contribution in [2.75, 3.05) is 40.4 Å². The van der Waals surface area contributed by atoms with E-state index in [1.54, 1.807) is 6.07 Å². The van der Waals surface area contributed by atoms with Crippen molar-refractivity contribution in [1.29, 1.82) is 0 Å². The first-order valence-corrected chi connectivity index (χ1v) is 7.54. The van der Waals surface area contributed by atoms with Crippen LogP contribution in [0.15, 0.2) is 12.1 Å². The van der Waals surface area contributed by atoms with Crippen LogP contribution in [-0.4, -0.2) is 51.2 Å². The maximum absolute atomic E-state index is 14.0. The smallest absolute Gasteiger partial charge is 0.222 e. The minimum absolute atomic E-state index is 0.0675. The number of carbonyl (C=O) groups is 1. The number of hydrogen-bond acceptors (Lipinski definition) is 4. The summed E-state index contributed by atoms with van der Waals surface area (Å²) in [6.07, 6.45) is 1.61. The first-order chi connectivity index (χ1) is 10.7. The van der Waals surface area contributed by atoms with Crippen molar-refractivity contribution in [2.45, 2.75) is 19.3 Å². The van der Waals surface area contributed by atoms with E-state index in [0.29, 0.717) is 36.4 Å². The minimum atomic E-state index is -0.372. The van der Waals surface area contributed by atoms with Gasteiger partial charge in [0.2, 0.25) is 5.91 Å². The van der Waals surface area contributed by atoms with Crippen LogP contribution in [0.25, 0.3) is 0 Å². The zero-order valence-electron chi connectivity index (χ0n) is 13.2. The van der Waals surface area contributed by atoms with Gasteiger partial charge < -0.3 is 19.7 Å². The molecule has 1 amide bonds. The molecule has 1 aromatic rings. The Morgan fingerprint density at radius 1 is 1.23 bits per heavy atom. The summed E-state index contributed by atoms with van der Waals surface area (Å²) in [4.78, 5) is 14.1. The number of aryl methyl sites for hydroxylation is 1. The van der Waals surface area contributed by atoms with Crippen molar-refractivity contribution < 1.29 is 18.7 Å². The number of hydrogen-bond donors (Lipinski definition) is 1. The van der Waals surface area contributed by atoms with Crippen LogP contribution in [0.4, 0.5) is 4.39 Å². The number of rotatable bonds is 5. The molecule has 1 aliphatic rings. The Morgan fingerprint density at radius 2 is 1.95 bits per heavy atom. The maximum atomic E-state index is 14.0. The summed E-state index contributed by atoms with van der Waals surface area (Å²) in [6, 6.07) is 2.90. The molecular formula is C16H23FN2O3. The predicted octanol–water partition coefficient (Wildman–Crippen LogP) is 1.60. The number of nitrogens with zero attached hydrogens (tertiary/aromatic N) is 1. The summed E-state index contributed by atoms with van der Waals surface area (Å²) in [6.45, 7) is 3.23. The van der Waals surface area contributed by atoms with Crippen LogP contribution >= 0.6 is 0 Å². The van der Waals surface area contributed by atoms with Crippen LogP contribution in [0.1, 0.15) is 18.4 Å². The van der Waals surface area contributed by atoms with E-state index in [-0.39, 0.29) is 11.7 Å². The van der Waals surface area contributed by atoms with E-state index >= 15 is 0 Å². The third kappa shape index (κ3) is 4.10. The van der Waals surface area contributed by atoms with Gasteiger partial charge in [0.1, 0.15) is 5.82 Å². The molecule has 0 aromatic heterocycles. The van der Waals surface area contributed by atoms with Crippen LogP contribution in [0.5, 0.6) is 11.5 Å². The van der Waals surface area contributed by atoms with Crippen LogP contribution in [0.2, 0.25) is 0 Å².